The Kier molecular flexibility index (Phi) is 4.10. The van der Waals surface area contributed by atoms with Crippen molar-refractivity contribution in [3.8, 4) is 5.75 Å². The number of carbonyl (C=O) groups excluding carboxylic acids is 1. The summed E-state index contributed by atoms with van der Waals surface area (Å²) in [5.41, 5.74) is 2.98. The smallest absolute Gasteiger partial charge is 0.410 e. The van der Waals surface area contributed by atoms with Crippen molar-refractivity contribution in [1.82, 2.24) is 10.2 Å². The van der Waals surface area contributed by atoms with Crippen molar-refractivity contribution in [2.24, 2.45) is 0 Å². The number of aromatic amines is 1. The molecule has 3 aromatic rings. The first-order valence-electron chi connectivity index (χ1n) is 7.29. The van der Waals surface area contributed by atoms with Crippen LogP contribution in [-0.4, -0.2) is 16.3 Å². The van der Waals surface area contributed by atoms with E-state index in [-0.39, 0.29) is 0 Å². The first kappa shape index (κ1) is 14.8. The van der Waals surface area contributed by atoms with Crippen LogP contribution in [0, 0.1) is 13.8 Å². The van der Waals surface area contributed by atoms with E-state index in [4.69, 9.17) is 4.74 Å². The lowest BCUT2D eigenvalue weighted by molar-refractivity contribution is 0.210. The number of H-pyrrole nitrogens is 1. The monoisotopic (exact) mass is 307 g/mol. The second-order valence-electron chi connectivity index (χ2n) is 5.23. The van der Waals surface area contributed by atoms with Crippen molar-refractivity contribution in [2.45, 2.75) is 13.8 Å². The van der Waals surface area contributed by atoms with Crippen LogP contribution in [-0.2, 0) is 0 Å². The summed E-state index contributed by atoms with van der Waals surface area (Å²) in [6.07, 6.45) is 1.10. The molecule has 23 heavy (non-hydrogen) atoms. The van der Waals surface area contributed by atoms with Gasteiger partial charge in [-0.3, -0.25) is 5.10 Å². The Bertz CT molecular complexity index is 798. The summed E-state index contributed by atoms with van der Waals surface area (Å²) in [7, 11) is 0. The van der Waals surface area contributed by atoms with Gasteiger partial charge < -0.3 is 4.74 Å². The molecule has 3 rings (SSSR count). The summed E-state index contributed by atoms with van der Waals surface area (Å²) in [5.74, 6) is 1.04. The molecule has 5 heteroatoms. The number of nitrogens with zero attached hydrogens (tertiary/aromatic N) is 2. The summed E-state index contributed by atoms with van der Waals surface area (Å²) in [5, 5.41) is 6.74. The summed E-state index contributed by atoms with van der Waals surface area (Å²) >= 11 is 0. The van der Waals surface area contributed by atoms with Gasteiger partial charge in [0.2, 0.25) is 0 Å². The van der Waals surface area contributed by atoms with Crippen LogP contribution >= 0.6 is 0 Å². The molecule has 2 aromatic carbocycles. The average molecular weight is 307 g/mol. The van der Waals surface area contributed by atoms with Crippen molar-refractivity contribution >= 4 is 17.6 Å². The van der Waals surface area contributed by atoms with E-state index >= 15 is 0 Å². The number of amides is 1. The number of aryl methyl sites for hydroxylation is 2. The third kappa shape index (κ3) is 3.23. The molecule has 0 aliphatic carbocycles. The van der Waals surface area contributed by atoms with Gasteiger partial charge in [-0.15, -0.1) is 0 Å². The zero-order valence-electron chi connectivity index (χ0n) is 13.0. The highest BCUT2D eigenvalue weighted by Gasteiger charge is 2.21. The average Bonchev–Trinajstić information content (AvgIpc) is 3.06. The minimum Gasteiger partial charge on any atom is -0.410 e. The SMILES string of the molecule is Cc1ccc(N(C(=O)Oc2ccccc2)c2ccn[nH]2)cc1C. The van der Waals surface area contributed by atoms with Gasteiger partial charge in [-0.1, -0.05) is 24.3 Å². The van der Waals surface area contributed by atoms with Crippen molar-refractivity contribution in [3.63, 3.8) is 0 Å². The van der Waals surface area contributed by atoms with Crippen molar-refractivity contribution in [3.05, 3.63) is 71.9 Å². The van der Waals surface area contributed by atoms with Crippen LogP contribution in [0.5, 0.6) is 5.75 Å². The largest absolute Gasteiger partial charge is 0.425 e. The third-order valence-corrected chi connectivity index (χ3v) is 3.61. The Morgan fingerprint density at radius 3 is 2.48 bits per heavy atom. The lowest BCUT2D eigenvalue weighted by Gasteiger charge is -2.21. The quantitative estimate of drug-likeness (QED) is 0.782. The summed E-state index contributed by atoms with van der Waals surface area (Å²) < 4.78 is 5.46. The first-order chi connectivity index (χ1) is 11.1. The lowest BCUT2D eigenvalue weighted by Crippen LogP contribution is -2.29. The van der Waals surface area contributed by atoms with Gasteiger partial charge in [-0.25, -0.2) is 9.69 Å². The fourth-order valence-corrected chi connectivity index (χ4v) is 2.22. The van der Waals surface area contributed by atoms with Gasteiger partial charge in [0.25, 0.3) is 0 Å². The Morgan fingerprint density at radius 1 is 1.04 bits per heavy atom. The Morgan fingerprint density at radius 2 is 1.83 bits per heavy atom. The maximum Gasteiger partial charge on any atom is 0.425 e. The van der Waals surface area contributed by atoms with Crippen LogP contribution in [0.15, 0.2) is 60.8 Å². The number of anilines is 2. The fourth-order valence-electron chi connectivity index (χ4n) is 2.22. The normalized spacial score (nSPS) is 10.3. The van der Waals surface area contributed by atoms with E-state index in [0.29, 0.717) is 11.6 Å². The zero-order chi connectivity index (χ0) is 16.2. The van der Waals surface area contributed by atoms with Gasteiger partial charge in [-0.2, -0.15) is 5.10 Å². The molecule has 1 N–H and O–H groups in total. The number of rotatable bonds is 3. The molecule has 0 saturated carbocycles. The van der Waals surface area contributed by atoms with E-state index in [0.717, 1.165) is 16.8 Å². The van der Waals surface area contributed by atoms with Crippen LogP contribution in [0.2, 0.25) is 0 Å². The van der Waals surface area contributed by atoms with E-state index in [1.54, 1.807) is 24.4 Å². The molecule has 0 aliphatic heterocycles. The lowest BCUT2D eigenvalue weighted by atomic mass is 10.1. The van der Waals surface area contributed by atoms with Crippen LogP contribution < -0.4 is 9.64 Å². The molecule has 0 fully saturated rings. The summed E-state index contributed by atoms with van der Waals surface area (Å²) in [6, 6.07) is 16.5. The van der Waals surface area contributed by atoms with E-state index in [9.17, 15) is 4.79 Å². The summed E-state index contributed by atoms with van der Waals surface area (Å²) in [6.45, 7) is 4.04. The van der Waals surface area contributed by atoms with Gasteiger partial charge in [0.05, 0.1) is 11.9 Å². The highest BCUT2D eigenvalue weighted by atomic mass is 16.6. The van der Waals surface area contributed by atoms with Crippen LogP contribution in [0.4, 0.5) is 16.3 Å². The van der Waals surface area contributed by atoms with Gasteiger partial charge in [-0.05, 0) is 49.2 Å². The van der Waals surface area contributed by atoms with E-state index in [2.05, 4.69) is 10.2 Å². The molecule has 1 amide bonds. The predicted molar refractivity (Wildman–Crippen MR) is 89.1 cm³/mol. The van der Waals surface area contributed by atoms with Gasteiger partial charge in [0.1, 0.15) is 11.6 Å². The molecule has 0 atom stereocenters. The maximum absolute atomic E-state index is 12.7. The minimum absolute atomic E-state index is 0.492. The number of ether oxygens (including phenoxy) is 1. The van der Waals surface area contributed by atoms with Gasteiger partial charge in [0.15, 0.2) is 0 Å². The van der Waals surface area contributed by atoms with Gasteiger partial charge in [0, 0.05) is 6.07 Å². The van der Waals surface area contributed by atoms with Crippen molar-refractivity contribution < 1.29 is 9.53 Å². The fraction of sp³-hybridized carbons (Fsp3) is 0.111. The van der Waals surface area contributed by atoms with Crippen molar-refractivity contribution in [2.75, 3.05) is 4.90 Å². The molecule has 0 radical (unpaired) electrons. The molecule has 0 bridgehead atoms. The highest BCUT2D eigenvalue weighted by Crippen LogP contribution is 2.27. The molecular formula is C18H17N3O2. The van der Waals surface area contributed by atoms with E-state index in [1.807, 2.05) is 50.2 Å². The summed E-state index contributed by atoms with van der Waals surface area (Å²) in [4.78, 5) is 14.1. The van der Waals surface area contributed by atoms with E-state index in [1.165, 1.54) is 4.90 Å². The minimum atomic E-state index is -0.497. The molecule has 0 unspecified atom stereocenters. The Balaban J connectivity index is 1.96. The first-order valence-corrected chi connectivity index (χ1v) is 7.29. The number of para-hydroxylation sites is 1. The molecule has 0 saturated heterocycles. The third-order valence-electron chi connectivity index (χ3n) is 3.61. The standard InChI is InChI=1S/C18H17N3O2/c1-13-8-9-15(12-14(13)2)21(17-10-11-19-20-17)18(22)23-16-6-4-3-5-7-16/h3-12H,1-2H3,(H,19,20). The van der Waals surface area contributed by atoms with Crippen LogP contribution in [0.25, 0.3) is 0 Å². The number of benzene rings is 2. The maximum atomic E-state index is 12.7. The van der Waals surface area contributed by atoms with Crippen molar-refractivity contribution in [1.29, 1.82) is 0 Å². The molecule has 0 aliphatic rings. The van der Waals surface area contributed by atoms with Crippen LogP contribution in [0.1, 0.15) is 11.1 Å². The highest BCUT2D eigenvalue weighted by molar-refractivity contribution is 5.96. The predicted octanol–water partition coefficient (Wildman–Crippen LogP) is 4.36. The Labute approximate surface area is 134 Å². The molecule has 1 aromatic heterocycles. The number of aromatic nitrogens is 2. The second kappa shape index (κ2) is 6.36. The molecule has 0 spiro atoms. The second-order valence-corrected chi connectivity index (χ2v) is 5.23. The van der Waals surface area contributed by atoms with Crippen LogP contribution in [0.3, 0.4) is 0 Å². The topological polar surface area (TPSA) is 58.2 Å². The molecule has 116 valence electrons. The molecule has 5 nitrogen and oxygen atoms in total. The Hall–Kier alpha value is -3.08. The van der Waals surface area contributed by atoms with E-state index < -0.39 is 6.09 Å². The number of hydrogen-bond donors (Lipinski definition) is 1. The van der Waals surface area contributed by atoms with Gasteiger partial charge >= 0.3 is 6.09 Å². The number of hydrogen-bond acceptors (Lipinski definition) is 3. The zero-order valence-corrected chi connectivity index (χ0v) is 13.0. The molecule has 1 heterocycles. The number of carbonyl (C=O) groups is 1. The number of nitrogens with one attached hydrogen (secondary N) is 1. The molecular weight excluding hydrogens is 290 g/mol.